The van der Waals surface area contributed by atoms with Gasteiger partial charge in [-0.1, -0.05) is 19.0 Å². The zero-order valence-electron chi connectivity index (χ0n) is 13.6. The Kier molecular flexibility index (Phi) is 3.75. The maximum Gasteiger partial charge on any atom is 0.238 e. The van der Waals surface area contributed by atoms with Crippen molar-refractivity contribution < 1.29 is 18.8 Å². The lowest BCUT2D eigenvalue weighted by Crippen LogP contribution is -2.40. The van der Waals surface area contributed by atoms with E-state index in [1.807, 2.05) is 13.8 Å². The minimum Gasteiger partial charge on any atom is -0.461 e. The first kappa shape index (κ1) is 15.7. The number of carbonyl (C=O) groups excluding carboxylic acids is 1. The number of hydrogen-bond acceptors (Lipinski definition) is 6. The lowest BCUT2D eigenvalue weighted by molar-refractivity contribution is -0.131. The molecule has 1 saturated heterocycles. The summed E-state index contributed by atoms with van der Waals surface area (Å²) in [5.41, 5.74) is -1.20. The van der Waals surface area contributed by atoms with Gasteiger partial charge < -0.3 is 18.9 Å². The Balaban J connectivity index is 1.58. The summed E-state index contributed by atoms with van der Waals surface area (Å²) >= 11 is 0. The Morgan fingerprint density at radius 3 is 2.78 bits per heavy atom. The third-order valence-electron chi connectivity index (χ3n) is 4.66. The van der Waals surface area contributed by atoms with Crippen molar-refractivity contribution in [3.05, 3.63) is 24.3 Å². The molecule has 1 aliphatic rings. The van der Waals surface area contributed by atoms with Crippen LogP contribution in [-0.4, -0.2) is 44.7 Å². The number of carbonyl (C=O) groups is 1. The summed E-state index contributed by atoms with van der Waals surface area (Å²) in [4.78, 5) is 18.3. The van der Waals surface area contributed by atoms with Gasteiger partial charge in [-0.3, -0.25) is 4.79 Å². The molecule has 0 radical (unpaired) electrons. The van der Waals surface area contributed by atoms with Crippen molar-refractivity contribution in [2.45, 2.75) is 39.2 Å². The molecule has 7 heteroatoms. The number of amides is 1. The maximum absolute atomic E-state index is 12.3. The molecule has 3 rings (SSSR count). The third kappa shape index (κ3) is 3.01. The summed E-state index contributed by atoms with van der Waals surface area (Å²) in [6.45, 7) is 6.59. The molecular formula is C16H21N3O4. The molecule has 0 bridgehead atoms. The minimum atomic E-state index is -0.875. The molecular weight excluding hydrogens is 298 g/mol. The van der Waals surface area contributed by atoms with E-state index in [0.29, 0.717) is 37.0 Å². The Bertz CT molecular complexity index is 672. The molecule has 0 spiro atoms. The standard InChI is InChI=1S/C16H21N3O4/c1-15(2)9-19(10-16(15,3)21)13(20)7-6-12-17-14(18-23-12)11-5-4-8-22-11/h4-5,8,21H,6-7,9-10H2,1-3H3. The van der Waals surface area contributed by atoms with Crippen LogP contribution in [0.4, 0.5) is 0 Å². The predicted molar refractivity (Wildman–Crippen MR) is 81.3 cm³/mol. The van der Waals surface area contributed by atoms with Crippen molar-refractivity contribution in [1.29, 1.82) is 0 Å². The van der Waals surface area contributed by atoms with E-state index in [1.165, 1.54) is 6.26 Å². The molecule has 2 aromatic heterocycles. The normalized spacial score (nSPS) is 23.4. The van der Waals surface area contributed by atoms with Crippen LogP contribution in [0.5, 0.6) is 0 Å². The quantitative estimate of drug-likeness (QED) is 0.925. The van der Waals surface area contributed by atoms with Gasteiger partial charge in [-0.25, -0.2) is 0 Å². The zero-order valence-corrected chi connectivity index (χ0v) is 13.6. The fraction of sp³-hybridized carbons (Fsp3) is 0.562. The van der Waals surface area contributed by atoms with Crippen LogP contribution >= 0.6 is 0 Å². The van der Waals surface area contributed by atoms with E-state index in [4.69, 9.17) is 8.94 Å². The largest absolute Gasteiger partial charge is 0.461 e. The van der Waals surface area contributed by atoms with E-state index < -0.39 is 5.60 Å². The summed E-state index contributed by atoms with van der Waals surface area (Å²) in [5, 5.41) is 14.2. The smallest absolute Gasteiger partial charge is 0.238 e. The van der Waals surface area contributed by atoms with Crippen molar-refractivity contribution in [3.63, 3.8) is 0 Å². The van der Waals surface area contributed by atoms with Gasteiger partial charge in [-0.2, -0.15) is 4.98 Å². The number of furan rings is 1. The molecule has 1 amide bonds. The number of rotatable bonds is 4. The van der Waals surface area contributed by atoms with Gasteiger partial charge in [-0.05, 0) is 19.1 Å². The van der Waals surface area contributed by atoms with Crippen LogP contribution < -0.4 is 0 Å². The molecule has 2 aromatic rings. The van der Waals surface area contributed by atoms with Crippen LogP contribution in [0.25, 0.3) is 11.6 Å². The molecule has 0 aromatic carbocycles. The highest BCUT2D eigenvalue weighted by Gasteiger charge is 2.48. The highest BCUT2D eigenvalue weighted by atomic mass is 16.5. The van der Waals surface area contributed by atoms with Crippen molar-refractivity contribution in [3.8, 4) is 11.6 Å². The predicted octanol–water partition coefficient (Wildman–Crippen LogP) is 1.88. The Hall–Kier alpha value is -2.15. The Morgan fingerprint density at radius 1 is 1.39 bits per heavy atom. The zero-order chi connectivity index (χ0) is 16.7. The molecule has 1 unspecified atom stereocenters. The average Bonchev–Trinajstić information content (AvgIpc) is 3.16. The summed E-state index contributed by atoms with van der Waals surface area (Å²) in [6.07, 6.45) is 2.17. The molecule has 1 fully saturated rings. The molecule has 1 aliphatic heterocycles. The second kappa shape index (κ2) is 5.49. The van der Waals surface area contributed by atoms with E-state index in [9.17, 15) is 9.90 Å². The fourth-order valence-electron chi connectivity index (χ4n) is 2.70. The average molecular weight is 319 g/mol. The topological polar surface area (TPSA) is 92.6 Å². The van der Waals surface area contributed by atoms with E-state index in [-0.39, 0.29) is 17.7 Å². The van der Waals surface area contributed by atoms with Gasteiger partial charge in [0, 0.05) is 31.3 Å². The van der Waals surface area contributed by atoms with E-state index >= 15 is 0 Å². The van der Waals surface area contributed by atoms with Crippen LogP contribution in [0, 0.1) is 5.41 Å². The van der Waals surface area contributed by atoms with Crippen LogP contribution in [0.3, 0.4) is 0 Å². The summed E-state index contributed by atoms with van der Waals surface area (Å²) in [7, 11) is 0. The number of aryl methyl sites for hydroxylation is 1. The van der Waals surface area contributed by atoms with Crippen molar-refractivity contribution in [1.82, 2.24) is 15.0 Å². The maximum atomic E-state index is 12.3. The molecule has 1 N–H and O–H groups in total. The summed E-state index contributed by atoms with van der Waals surface area (Å²) in [5.74, 6) is 1.29. The van der Waals surface area contributed by atoms with Gasteiger partial charge in [0.05, 0.1) is 11.9 Å². The van der Waals surface area contributed by atoms with E-state index in [2.05, 4.69) is 10.1 Å². The molecule has 1 atom stereocenters. The van der Waals surface area contributed by atoms with Gasteiger partial charge in [0.15, 0.2) is 5.76 Å². The number of likely N-dealkylation sites (tertiary alicyclic amines) is 1. The highest BCUT2D eigenvalue weighted by Crippen LogP contribution is 2.38. The summed E-state index contributed by atoms with van der Waals surface area (Å²) in [6, 6.07) is 3.49. The molecule has 124 valence electrons. The molecule has 7 nitrogen and oxygen atoms in total. The lowest BCUT2D eigenvalue weighted by atomic mass is 9.79. The monoisotopic (exact) mass is 319 g/mol. The molecule has 3 heterocycles. The lowest BCUT2D eigenvalue weighted by Gasteiger charge is -2.30. The minimum absolute atomic E-state index is 0.0198. The number of aliphatic hydroxyl groups is 1. The van der Waals surface area contributed by atoms with Crippen LogP contribution in [0.1, 0.15) is 33.1 Å². The van der Waals surface area contributed by atoms with Gasteiger partial charge in [0.1, 0.15) is 0 Å². The van der Waals surface area contributed by atoms with Gasteiger partial charge in [0.25, 0.3) is 0 Å². The third-order valence-corrected chi connectivity index (χ3v) is 4.66. The van der Waals surface area contributed by atoms with Crippen LogP contribution in [0.2, 0.25) is 0 Å². The molecule has 23 heavy (non-hydrogen) atoms. The first-order chi connectivity index (χ1) is 10.8. The van der Waals surface area contributed by atoms with E-state index in [0.717, 1.165) is 0 Å². The number of nitrogens with zero attached hydrogens (tertiary/aromatic N) is 3. The second-order valence-electron chi connectivity index (χ2n) is 6.90. The molecule has 0 aliphatic carbocycles. The number of aromatic nitrogens is 2. The summed E-state index contributed by atoms with van der Waals surface area (Å²) < 4.78 is 10.3. The molecule has 0 saturated carbocycles. The highest BCUT2D eigenvalue weighted by molar-refractivity contribution is 5.77. The van der Waals surface area contributed by atoms with Crippen molar-refractivity contribution in [2.24, 2.45) is 5.41 Å². The van der Waals surface area contributed by atoms with E-state index in [1.54, 1.807) is 24.0 Å². The van der Waals surface area contributed by atoms with Gasteiger partial charge in [0.2, 0.25) is 17.6 Å². The van der Waals surface area contributed by atoms with Gasteiger partial charge >= 0.3 is 0 Å². The number of hydrogen-bond donors (Lipinski definition) is 1. The second-order valence-corrected chi connectivity index (χ2v) is 6.90. The van der Waals surface area contributed by atoms with Crippen LogP contribution in [0.15, 0.2) is 27.3 Å². The Morgan fingerprint density at radius 2 is 2.17 bits per heavy atom. The van der Waals surface area contributed by atoms with Crippen molar-refractivity contribution >= 4 is 5.91 Å². The first-order valence-electron chi connectivity index (χ1n) is 7.65. The van der Waals surface area contributed by atoms with Crippen molar-refractivity contribution in [2.75, 3.05) is 13.1 Å². The Labute approximate surface area is 134 Å². The number of β-amino-alcohol motifs (C(OH)–C–C–N with tert-alkyl or cyclic N) is 1. The van der Waals surface area contributed by atoms with Gasteiger partial charge in [-0.15, -0.1) is 0 Å². The fourth-order valence-corrected chi connectivity index (χ4v) is 2.70. The SMILES string of the molecule is CC1(C)CN(C(=O)CCc2nc(-c3ccco3)no2)CC1(C)O. The first-order valence-corrected chi connectivity index (χ1v) is 7.65. The van der Waals surface area contributed by atoms with Crippen LogP contribution in [-0.2, 0) is 11.2 Å².